The lowest BCUT2D eigenvalue weighted by molar-refractivity contribution is 0.0527. The number of anilines is 2. The second-order valence-corrected chi connectivity index (χ2v) is 4.00. The number of nitrogens with two attached hydrogens (primary N) is 1. The van der Waals surface area contributed by atoms with Crippen molar-refractivity contribution < 1.29 is 9.53 Å². The summed E-state index contributed by atoms with van der Waals surface area (Å²) in [6.07, 6.45) is 3.51. The predicted octanol–water partition coefficient (Wildman–Crippen LogP) is 2.44. The average Bonchev–Trinajstić information content (AvgIpc) is 2.37. The van der Waals surface area contributed by atoms with Crippen LogP contribution in [0, 0.1) is 0 Å². The average molecular weight is 251 g/mol. The van der Waals surface area contributed by atoms with E-state index in [1.54, 1.807) is 19.2 Å². The molecule has 0 aliphatic carbocycles. The number of pyridine rings is 1. The van der Waals surface area contributed by atoms with Gasteiger partial charge in [-0.3, -0.25) is 0 Å². The molecule has 0 aromatic carbocycles. The van der Waals surface area contributed by atoms with Crippen LogP contribution in [0.1, 0.15) is 44.0 Å². The standard InChI is InChI=1S/C13H21N3O2/c1-4-9(5-2)16-12-11(14)10(7-8-15-12)13(17)18-6-3/h7-9H,4-6,14H2,1-3H3,(H,15,16). The zero-order valence-electron chi connectivity index (χ0n) is 11.2. The van der Waals surface area contributed by atoms with Gasteiger partial charge in [0.05, 0.1) is 17.9 Å². The number of aromatic nitrogens is 1. The van der Waals surface area contributed by atoms with Gasteiger partial charge in [0, 0.05) is 12.2 Å². The molecule has 0 saturated carbocycles. The summed E-state index contributed by atoms with van der Waals surface area (Å²) < 4.78 is 4.95. The Kier molecular flexibility index (Phi) is 5.42. The Labute approximate surface area is 108 Å². The van der Waals surface area contributed by atoms with Gasteiger partial charge in [-0.1, -0.05) is 13.8 Å². The normalized spacial score (nSPS) is 10.4. The van der Waals surface area contributed by atoms with Crippen LogP contribution in [-0.2, 0) is 4.74 Å². The molecule has 0 amide bonds. The summed E-state index contributed by atoms with van der Waals surface area (Å²) in [4.78, 5) is 15.9. The minimum atomic E-state index is -0.412. The summed E-state index contributed by atoms with van der Waals surface area (Å²) >= 11 is 0. The van der Waals surface area contributed by atoms with Gasteiger partial charge in [0.1, 0.15) is 5.82 Å². The number of rotatable bonds is 6. The Hall–Kier alpha value is -1.78. The quantitative estimate of drug-likeness (QED) is 0.759. The van der Waals surface area contributed by atoms with E-state index in [2.05, 4.69) is 24.1 Å². The van der Waals surface area contributed by atoms with Crippen molar-refractivity contribution in [3.8, 4) is 0 Å². The van der Waals surface area contributed by atoms with Crippen LogP contribution in [0.2, 0.25) is 0 Å². The van der Waals surface area contributed by atoms with E-state index in [9.17, 15) is 4.79 Å². The van der Waals surface area contributed by atoms with E-state index in [-0.39, 0.29) is 0 Å². The molecule has 0 bridgehead atoms. The molecule has 1 heterocycles. The lowest BCUT2D eigenvalue weighted by atomic mass is 10.1. The molecule has 0 unspecified atom stereocenters. The Morgan fingerprint density at radius 1 is 1.44 bits per heavy atom. The maximum absolute atomic E-state index is 11.7. The van der Waals surface area contributed by atoms with Gasteiger partial charge in [-0.05, 0) is 25.8 Å². The number of carbonyl (C=O) groups is 1. The lowest BCUT2D eigenvalue weighted by Crippen LogP contribution is -2.20. The van der Waals surface area contributed by atoms with Gasteiger partial charge in [0.15, 0.2) is 0 Å². The minimum absolute atomic E-state index is 0.303. The molecule has 0 fully saturated rings. The van der Waals surface area contributed by atoms with Gasteiger partial charge in [-0.25, -0.2) is 9.78 Å². The molecule has 1 rings (SSSR count). The summed E-state index contributed by atoms with van der Waals surface area (Å²) in [6, 6.07) is 1.88. The van der Waals surface area contributed by atoms with Crippen molar-refractivity contribution in [3.63, 3.8) is 0 Å². The number of nitrogens with zero attached hydrogens (tertiary/aromatic N) is 1. The molecular weight excluding hydrogens is 230 g/mol. The fourth-order valence-corrected chi connectivity index (χ4v) is 1.66. The second kappa shape index (κ2) is 6.83. The number of carbonyl (C=O) groups excluding carboxylic acids is 1. The van der Waals surface area contributed by atoms with E-state index in [0.717, 1.165) is 12.8 Å². The topological polar surface area (TPSA) is 77.2 Å². The number of esters is 1. The van der Waals surface area contributed by atoms with Crippen LogP contribution in [0.15, 0.2) is 12.3 Å². The number of ether oxygens (including phenoxy) is 1. The Morgan fingerprint density at radius 3 is 2.67 bits per heavy atom. The smallest absolute Gasteiger partial charge is 0.340 e. The Morgan fingerprint density at radius 2 is 2.11 bits per heavy atom. The van der Waals surface area contributed by atoms with Crippen molar-refractivity contribution in [2.45, 2.75) is 39.7 Å². The van der Waals surface area contributed by atoms with Crippen LogP contribution in [0.5, 0.6) is 0 Å². The highest BCUT2D eigenvalue weighted by molar-refractivity contribution is 5.97. The summed E-state index contributed by atoms with van der Waals surface area (Å²) in [5.41, 5.74) is 6.66. The van der Waals surface area contributed by atoms with Gasteiger partial charge in [-0.2, -0.15) is 0 Å². The van der Waals surface area contributed by atoms with Crippen LogP contribution in [0.3, 0.4) is 0 Å². The van der Waals surface area contributed by atoms with Crippen LogP contribution in [-0.4, -0.2) is 23.6 Å². The summed E-state index contributed by atoms with van der Waals surface area (Å²) in [5, 5.41) is 3.24. The molecule has 100 valence electrons. The van der Waals surface area contributed by atoms with Crippen LogP contribution >= 0.6 is 0 Å². The summed E-state index contributed by atoms with van der Waals surface area (Å²) in [7, 11) is 0. The van der Waals surface area contributed by atoms with E-state index < -0.39 is 5.97 Å². The van der Waals surface area contributed by atoms with Gasteiger partial charge >= 0.3 is 5.97 Å². The fourth-order valence-electron chi connectivity index (χ4n) is 1.66. The van der Waals surface area contributed by atoms with E-state index in [1.807, 2.05) is 0 Å². The van der Waals surface area contributed by atoms with Crippen molar-refractivity contribution in [2.24, 2.45) is 0 Å². The molecule has 5 heteroatoms. The Balaban J connectivity index is 2.94. The third-order valence-corrected chi connectivity index (χ3v) is 2.81. The van der Waals surface area contributed by atoms with Crippen molar-refractivity contribution in [2.75, 3.05) is 17.7 Å². The first-order chi connectivity index (χ1) is 8.63. The predicted molar refractivity (Wildman–Crippen MR) is 72.6 cm³/mol. The molecule has 3 N–H and O–H groups in total. The van der Waals surface area contributed by atoms with Crippen LogP contribution in [0.4, 0.5) is 11.5 Å². The van der Waals surface area contributed by atoms with Crippen molar-refractivity contribution in [1.82, 2.24) is 4.98 Å². The van der Waals surface area contributed by atoms with Crippen molar-refractivity contribution in [1.29, 1.82) is 0 Å². The number of nitrogen functional groups attached to an aromatic ring is 1. The van der Waals surface area contributed by atoms with E-state index in [0.29, 0.717) is 29.7 Å². The highest BCUT2D eigenvalue weighted by Gasteiger charge is 2.15. The molecule has 0 spiro atoms. The summed E-state index contributed by atoms with van der Waals surface area (Å²) in [5.74, 6) is 0.138. The first-order valence-corrected chi connectivity index (χ1v) is 6.32. The first kappa shape index (κ1) is 14.3. The molecule has 1 aromatic rings. The summed E-state index contributed by atoms with van der Waals surface area (Å²) in [6.45, 7) is 6.27. The Bertz CT molecular complexity index is 403. The van der Waals surface area contributed by atoms with E-state index >= 15 is 0 Å². The van der Waals surface area contributed by atoms with E-state index in [4.69, 9.17) is 10.5 Å². The number of hydrogen-bond acceptors (Lipinski definition) is 5. The molecule has 18 heavy (non-hydrogen) atoms. The second-order valence-electron chi connectivity index (χ2n) is 4.00. The molecule has 0 aliphatic rings. The first-order valence-electron chi connectivity index (χ1n) is 6.32. The fraction of sp³-hybridized carbons (Fsp3) is 0.538. The highest BCUT2D eigenvalue weighted by atomic mass is 16.5. The van der Waals surface area contributed by atoms with Gasteiger partial charge in [-0.15, -0.1) is 0 Å². The van der Waals surface area contributed by atoms with Gasteiger partial charge < -0.3 is 15.8 Å². The lowest BCUT2D eigenvalue weighted by Gasteiger charge is -2.17. The van der Waals surface area contributed by atoms with Crippen molar-refractivity contribution in [3.05, 3.63) is 17.8 Å². The zero-order valence-corrected chi connectivity index (χ0v) is 11.2. The van der Waals surface area contributed by atoms with Gasteiger partial charge in [0.25, 0.3) is 0 Å². The third-order valence-electron chi connectivity index (χ3n) is 2.81. The molecule has 1 aromatic heterocycles. The molecule has 0 atom stereocenters. The minimum Gasteiger partial charge on any atom is -0.462 e. The number of nitrogens with one attached hydrogen (secondary N) is 1. The maximum Gasteiger partial charge on any atom is 0.340 e. The number of hydrogen-bond donors (Lipinski definition) is 2. The van der Waals surface area contributed by atoms with E-state index in [1.165, 1.54) is 0 Å². The molecule has 5 nitrogen and oxygen atoms in total. The largest absolute Gasteiger partial charge is 0.462 e. The SMILES string of the molecule is CCOC(=O)c1ccnc(NC(CC)CC)c1N. The van der Waals surface area contributed by atoms with Crippen LogP contribution in [0.25, 0.3) is 0 Å². The molecule has 0 saturated heterocycles. The third kappa shape index (κ3) is 3.35. The monoisotopic (exact) mass is 251 g/mol. The zero-order chi connectivity index (χ0) is 13.5. The van der Waals surface area contributed by atoms with Gasteiger partial charge in [0.2, 0.25) is 0 Å². The molecule has 0 aliphatic heterocycles. The highest BCUT2D eigenvalue weighted by Crippen LogP contribution is 2.22. The molecular formula is C13H21N3O2. The molecule has 0 radical (unpaired) electrons. The van der Waals surface area contributed by atoms with Crippen LogP contribution < -0.4 is 11.1 Å². The maximum atomic E-state index is 11.7. The van der Waals surface area contributed by atoms with Crippen molar-refractivity contribution >= 4 is 17.5 Å².